The SMILES string of the molecule is Cc1c(-c2cnn(C)c2)nn(-c2ccccc2)c1NC(=O)N[C@@H]1C[C@@H](Oc2ccccn2)C[C@H]1C. The van der Waals surface area contributed by atoms with E-state index in [1.807, 2.05) is 68.7 Å². The van der Waals surface area contributed by atoms with Gasteiger partial charge in [0, 0.05) is 49.1 Å². The van der Waals surface area contributed by atoms with Crippen LogP contribution in [0.1, 0.15) is 25.3 Å². The number of anilines is 1. The van der Waals surface area contributed by atoms with Crippen molar-refractivity contribution in [3.63, 3.8) is 0 Å². The Kier molecular flexibility index (Phi) is 6.22. The number of carbonyl (C=O) groups excluding carboxylic acids is 1. The summed E-state index contributed by atoms with van der Waals surface area (Å²) in [4.78, 5) is 17.4. The fraction of sp³-hybridized carbons (Fsp3) is 0.308. The highest BCUT2D eigenvalue weighted by molar-refractivity contribution is 5.91. The van der Waals surface area contributed by atoms with Gasteiger partial charge in [0.1, 0.15) is 17.6 Å². The largest absolute Gasteiger partial charge is 0.474 e. The van der Waals surface area contributed by atoms with Crippen molar-refractivity contribution in [1.82, 2.24) is 29.9 Å². The van der Waals surface area contributed by atoms with Gasteiger partial charge >= 0.3 is 6.03 Å². The monoisotopic (exact) mass is 471 g/mol. The van der Waals surface area contributed by atoms with Crippen LogP contribution in [0.4, 0.5) is 10.6 Å². The minimum Gasteiger partial charge on any atom is -0.474 e. The van der Waals surface area contributed by atoms with Gasteiger partial charge in [-0.1, -0.05) is 31.2 Å². The highest BCUT2D eigenvalue weighted by Gasteiger charge is 2.34. The predicted molar refractivity (Wildman–Crippen MR) is 133 cm³/mol. The zero-order valence-corrected chi connectivity index (χ0v) is 20.0. The minimum atomic E-state index is -0.266. The Balaban J connectivity index is 1.33. The summed E-state index contributed by atoms with van der Waals surface area (Å²) in [5.41, 5.74) is 3.39. The first kappa shape index (κ1) is 22.6. The van der Waals surface area contributed by atoms with Crippen LogP contribution in [0.15, 0.2) is 67.1 Å². The quantitative estimate of drug-likeness (QED) is 0.436. The Morgan fingerprint density at radius 3 is 2.63 bits per heavy atom. The first-order chi connectivity index (χ1) is 17.0. The Hall–Kier alpha value is -4.14. The number of ether oxygens (including phenoxy) is 1. The van der Waals surface area contributed by atoms with Gasteiger partial charge in [-0.05, 0) is 37.5 Å². The molecule has 1 fully saturated rings. The summed E-state index contributed by atoms with van der Waals surface area (Å²) in [6.07, 6.45) is 7.00. The molecule has 9 heteroatoms. The second-order valence-corrected chi connectivity index (χ2v) is 9.03. The van der Waals surface area contributed by atoms with Crippen molar-refractivity contribution in [2.24, 2.45) is 13.0 Å². The van der Waals surface area contributed by atoms with E-state index in [4.69, 9.17) is 9.84 Å². The van der Waals surface area contributed by atoms with Crippen molar-refractivity contribution in [2.45, 2.75) is 38.8 Å². The minimum absolute atomic E-state index is 0.00471. The number of aromatic nitrogens is 5. The molecule has 3 aromatic heterocycles. The van der Waals surface area contributed by atoms with Gasteiger partial charge in [-0.2, -0.15) is 10.2 Å². The van der Waals surface area contributed by atoms with Gasteiger partial charge in [0.15, 0.2) is 0 Å². The van der Waals surface area contributed by atoms with Gasteiger partial charge in [0.05, 0.1) is 11.9 Å². The molecule has 1 aromatic carbocycles. The van der Waals surface area contributed by atoms with Gasteiger partial charge in [-0.3, -0.25) is 10.00 Å². The van der Waals surface area contributed by atoms with Crippen molar-refractivity contribution < 1.29 is 9.53 Å². The maximum Gasteiger partial charge on any atom is 0.320 e. The van der Waals surface area contributed by atoms with Crippen LogP contribution in [-0.2, 0) is 7.05 Å². The maximum atomic E-state index is 13.1. The van der Waals surface area contributed by atoms with E-state index in [0.717, 1.165) is 35.3 Å². The van der Waals surface area contributed by atoms with Gasteiger partial charge in [0.25, 0.3) is 0 Å². The Bertz CT molecular complexity index is 1300. The molecule has 35 heavy (non-hydrogen) atoms. The average Bonchev–Trinajstić information content (AvgIpc) is 3.53. The molecule has 1 aliphatic rings. The highest BCUT2D eigenvalue weighted by atomic mass is 16.5. The van der Waals surface area contributed by atoms with E-state index in [2.05, 4.69) is 27.6 Å². The van der Waals surface area contributed by atoms with E-state index in [0.29, 0.717) is 11.7 Å². The lowest BCUT2D eigenvalue weighted by Crippen LogP contribution is -2.40. The van der Waals surface area contributed by atoms with Gasteiger partial charge in [-0.15, -0.1) is 0 Å². The van der Waals surface area contributed by atoms with Gasteiger partial charge in [0.2, 0.25) is 5.88 Å². The van der Waals surface area contributed by atoms with Crippen molar-refractivity contribution in [1.29, 1.82) is 0 Å². The standard InChI is InChI=1S/C26H29N7O2/c1-17-13-21(35-23-11-7-8-12-27-23)14-22(17)29-26(34)30-25-18(2)24(19-15-28-32(3)16-19)31-33(25)20-9-5-4-6-10-20/h4-12,15-17,21-22H,13-14H2,1-3H3,(H2,29,30,34)/t17-,21+,22-/m1/s1. The second-order valence-electron chi connectivity index (χ2n) is 9.03. The molecular formula is C26H29N7O2. The molecule has 3 heterocycles. The van der Waals surface area contributed by atoms with Gasteiger partial charge in [-0.25, -0.2) is 14.5 Å². The molecule has 3 atom stereocenters. The number of nitrogens with one attached hydrogen (secondary N) is 2. The lowest BCUT2D eigenvalue weighted by atomic mass is 10.1. The first-order valence-electron chi connectivity index (χ1n) is 11.8. The number of carbonyl (C=O) groups is 1. The summed E-state index contributed by atoms with van der Waals surface area (Å²) in [5, 5.41) is 15.3. The van der Waals surface area contributed by atoms with E-state index in [1.165, 1.54) is 0 Å². The number of nitrogens with zero attached hydrogens (tertiary/aromatic N) is 5. The summed E-state index contributed by atoms with van der Waals surface area (Å²) in [6, 6.07) is 15.1. The second kappa shape index (κ2) is 9.61. The molecule has 180 valence electrons. The number of hydrogen-bond acceptors (Lipinski definition) is 5. The predicted octanol–water partition coefficient (Wildman–Crippen LogP) is 4.34. The molecular weight excluding hydrogens is 442 g/mol. The number of hydrogen-bond donors (Lipinski definition) is 2. The number of benzene rings is 1. The summed E-state index contributed by atoms with van der Waals surface area (Å²) < 4.78 is 9.52. The molecule has 2 N–H and O–H groups in total. The normalized spacial score (nSPS) is 19.5. The molecule has 0 aliphatic heterocycles. The van der Waals surface area contributed by atoms with E-state index in [1.54, 1.807) is 21.8 Å². The molecule has 4 aromatic rings. The van der Waals surface area contributed by atoms with E-state index >= 15 is 0 Å². The van der Waals surface area contributed by atoms with Crippen LogP contribution in [0.25, 0.3) is 16.9 Å². The van der Waals surface area contributed by atoms with Crippen molar-refractivity contribution in [3.05, 3.63) is 72.7 Å². The molecule has 0 bridgehead atoms. The number of para-hydroxylation sites is 1. The molecule has 1 aliphatic carbocycles. The fourth-order valence-electron chi connectivity index (χ4n) is 4.60. The van der Waals surface area contributed by atoms with Gasteiger partial charge < -0.3 is 10.1 Å². The van der Waals surface area contributed by atoms with Crippen LogP contribution >= 0.6 is 0 Å². The summed E-state index contributed by atoms with van der Waals surface area (Å²) in [7, 11) is 1.87. The molecule has 0 unspecified atom stereocenters. The fourth-order valence-corrected chi connectivity index (χ4v) is 4.60. The van der Waals surface area contributed by atoms with E-state index < -0.39 is 0 Å². The number of pyridine rings is 1. The number of amides is 2. The van der Waals surface area contributed by atoms with Crippen LogP contribution in [0.2, 0.25) is 0 Å². The molecule has 2 amide bonds. The first-order valence-corrected chi connectivity index (χ1v) is 11.8. The van der Waals surface area contributed by atoms with Crippen LogP contribution < -0.4 is 15.4 Å². The zero-order chi connectivity index (χ0) is 24.4. The third-order valence-corrected chi connectivity index (χ3v) is 6.41. The van der Waals surface area contributed by atoms with Crippen molar-refractivity contribution in [2.75, 3.05) is 5.32 Å². The van der Waals surface area contributed by atoms with Crippen molar-refractivity contribution >= 4 is 11.8 Å². The summed E-state index contributed by atoms with van der Waals surface area (Å²) in [6.45, 7) is 4.09. The zero-order valence-electron chi connectivity index (χ0n) is 20.0. The lowest BCUT2D eigenvalue weighted by Gasteiger charge is -2.18. The Labute approximate surface area is 204 Å². The van der Waals surface area contributed by atoms with E-state index in [-0.39, 0.29) is 24.1 Å². The van der Waals surface area contributed by atoms with Crippen LogP contribution in [-0.4, -0.2) is 42.7 Å². The third-order valence-electron chi connectivity index (χ3n) is 6.41. The topological polar surface area (TPSA) is 98.9 Å². The van der Waals surface area contributed by atoms with Crippen LogP contribution in [0, 0.1) is 12.8 Å². The molecule has 1 saturated carbocycles. The van der Waals surface area contributed by atoms with Crippen LogP contribution in [0.3, 0.4) is 0 Å². The smallest absolute Gasteiger partial charge is 0.320 e. The van der Waals surface area contributed by atoms with E-state index in [9.17, 15) is 4.79 Å². The Morgan fingerprint density at radius 2 is 1.91 bits per heavy atom. The number of rotatable bonds is 6. The number of urea groups is 1. The third kappa shape index (κ3) is 4.89. The van der Waals surface area contributed by atoms with Crippen LogP contribution in [0.5, 0.6) is 5.88 Å². The molecule has 5 rings (SSSR count). The summed E-state index contributed by atoms with van der Waals surface area (Å²) in [5.74, 6) is 1.51. The molecule has 9 nitrogen and oxygen atoms in total. The summed E-state index contributed by atoms with van der Waals surface area (Å²) >= 11 is 0. The molecule has 0 spiro atoms. The van der Waals surface area contributed by atoms with Crippen molar-refractivity contribution in [3.8, 4) is 22.8 Å². The maximum absolute atomic E-state index is 13.1. The molecule has 0 saturated heterocycles. The number of aryl methyl sites for hydroxylation is 1. The Morgan fingerprint density at radius 1 is 1.11 bits per heavy atom. The molecule has 0 radical (unpaired) electrons. The average molecular weight is 472 g/mol. The lowest BCUT2D eigenvalue weighted by molar-refractivity contribution is 0.195. The highest BCUT2D eigenvalue weighted by Crippen LogP contribution is 2.31.